The number of amides is 5. The second kappa shape index (κ2) is 20.2. The lowest BCUT2D eigenvalue weighted by molar-refractivity contribution is -0.144. The molecule has 0 aliphatic heterocycles. The molecule has 2 aliphatic rings. The highest BCUT2D eigenvalue weighted by molar-refractivity contribution is 7.80. The van der Waals surface area contributed by atoms with Crippen LogP contribution in [-0.2, 0) is 25.7 Å². The highest BCUT2D eigenvalue weighted by Gasteiger charge is 2.39. The predicted molar refractivity (Wildman–Crippen MR) is 202 cm³/mol. The van der Waals surface area contributed by atoms with Crippen molar-refractivity contribution >= 4 is 53.5 Å². The molecule has 280 valence electrons. The average molecular weight is 733 g/mol. The molecule has 1 heterocycles. The van der Waals surface area contributed by atoms with Gasteiger partial charge in [-0.2, -0.15) is 0 Å². The Kier molecular flexibility index (Phi) is 16.8. The summed E-state index contributed by atoms with van der Waals surface area (Å²) in [5.41, 5.74) is -0.273. The van der Waals surface area contributed by atoms with E-state index in [1.54, 1.807) is 18.3 Å². The summed E-state index contributed by atoms with van der Waals surface area (Å²) in [6.45, 7) is 14.9. The van der Waals surface area contributed by atoms with Crippen molar-refractivity contribution in [1.29, 1.82) is 0 Å². The van der Waals surface area contributed by atoms with Gasteiger partial charge in [0.15, 0.2) is 0 Å². The zero-order chi connectivity index (χ0) is 36.8. The van der Waals surface area contributed by atoms with Crippen LogP contribution >= 0.6 is 24.0 Å². The molecule has 0 spiro atoms. The zero-order valence-electron chi connectivity index (χ0n) is 30.6. The Balaban J connectivity index is 1.76. The highest BCUT2D eigenvalue weighted by Crippen LogP contribution is 2.31. The summed E-state index contributed by atoms with van der Waals surface area (Å²) in [5.74, 6) is -2.10. The van der Waals surface area contributed by atoms with Crippen molar-refractivity contribution in [1.82, 2.24) is 31.5 Å². The van der Waals surface area contributed by atoms with E-state index < -0.39 is 41.8 Å². The lowest BCUT2D eigenvalue weighted by Gasteiger charge is -2.38. The summed E-state index contributed by atoms with van der Waals surface area (Å²) in [6, 6.07) is -1.43. The molecule has 3 rings (SSSR count). The number of carbonyl (C=O) groups excluding carboxylic acids is 5. The molecule has 5 amide bonds. The molecule has 4 atom stereocenters. The summed E-state index contributed by atoms with van der Waals surface area (Å²) >= 11 is 6.14. The molecule has 2 saturated carbocycles. The van der Waals surface area contributed by atoms with Gasteiger partial charge >= 0.3 is 6.03 Å². The van der Waals surface area contributed by atoms with E-state index >= 15 is 0 Å². The number of rotatable bonds is 19. The minimum atomic E-state index is -0.987. The first kappa shape index (κ1) is 41.5. The van der Waals surface area contributed by atoms with E-state index in [1.807, 2.05) is 18.4 Å². The third-order valence-corrected chi connectivity index (χ3v) is 11.5. The van der Waals surface area contributed by atoms with Gasteiger partial charge in [0.05, 0.1) is 6.04 Å². The van der Waals surface area contributed by atoms with E-state index in [2.05, 4.69) is 66.6 Å². The first-order valence-corrected chi connectivity index (χ1v) is 19.7. The SMILES string of the molecule is C=CCNC(=O)C(=O)C(CC1CCC1)NC(=O)C(C)N(CCC)C(=O)C(NC(=O)NC(CNCc1sccc1S)C(C)(C)C)C1CCCCC1. The van der Waals surface area contributed by atoms with Gasteiger partial charge in [0.25, 0.3) is 5.91 Å². The molecule has 50 heavy (non-hydrogen) atoms. The number of ketones is 1. The Bertz CT molecular complexity index is 1300. The molecule has 1 aromatic rings. The number of carbonyl (C=O) groups is 5. The maximum Gasteiger partial charge on any atom is 0.315 e. The van der Waals surface area contributed by atoms with Crippen LogP contribution in [0.25, 0.3) is 0 Å². The molecule has 4 unspecified atom stereocenters. The third-order valence-electron chi connectivity index (χ3n) is 10.0. The molecule has 5 N–H and O–H groups in total. The lowest BCUT2D eigenvalue weighted by atomic mass is 9.80. The van der Waals surface area contributed by atoms with Crippen LogP contribution in [-0.4, -0.2) is 78.2 Å². The fraction of sp³-hybridized carbons (Fsp3) is 0.703. The van der Waals surface area contributed by atoms with E-state index in [-0.39, 0.29) is 35.7 Å². The van der Waals surface area contributed by atoms with Crippen LogP contribution in [0, 0.1) is 17.3 Å². The molecule has 13 heteroatoms. The lowest BCUT2D eigenvalue weighted by Crippen LogP contribution is -2.61. The largest absolute Gasteiger partial charge is 0.346 e. The monoisotopic (exact) mass is 732 g/mol. The predicted octanol–water partition coefficient (Wildman–Crippen LogP) is 4.96. The van der Waals surface area contributed by atoms with Crippen LogP contribution in [0.15, 0.2) is 29.0 Å². The van der Waals surface area contributed by atoms with Crippen LogP contribution in [0.3, 0.4) is 0 Å². The van der Waals surface area contributed by atoms with Crippen molar-refractivity contribution in [3.8, 4) is 0 Å². The summed E-state index contributed by atoms with van der Waals surface area (Å²) in [5, 5.41) is 17.0. The van der Waals surface area contributed by atoms with Crippen molar-refractivity contribution in [2.75, 3.05) is 19.6 Å². The van der Waals surface area contributed by atoms with E-state index in [0.29, 0.717) is 32.5 Å². The van der Waals surface area contributed by atoms with Gasteiger partial charge in [-0.1, -0.05) is 72.3 Å². The quantitative estimate of drug-likeness (QED) is 0.0673. The Morgan fingerprint density at radius 2 is 1.74 bits per heavy atom. The second-order valence-electron chi connectivity index (χ2n) is 14.9. The van der Waals surface area contributed by atoms with Gasteiger partial charge in [0, 0.05) is 42.0 Å². The van der Waals surface area contributed by atoms with E-state index in [0.717, 1.165) is 61.1 Å². The first-order chi connectivity index (χ1) is 23.8. The Labute approximate surface area is 308 Å². The second-order valence-corrected chi connectivity index (χ2v) is 16.4. The Morgan fingerprint density at radius 3 is 2.30 bits per heavy atom. The fourth-order valence-electron chi connectivity index (χ4n) is 6.61. The molecule has 2 aliphatic carbocycles. The number of nitrogens with zero attached hydrogens (tertiary/aromatic N) is 1. The number of urea groups is 1. The van der Waals surface area contributed by atoms with Crippen molar-refractivity contribution in [2.45, 2.75) is 134 Å². The molecule has 11 nitrogen and oxygen atoms in total. The van der Waals surface area contributed by atoms with E-state index in [4.69, 9.17) is 0 Å². The third kappa shape index (κ3) is 12.4. The molecule has 2 fully saturated rings. The summed E-state index contributed by atoms with van der Waals surface area (Å²) in [4.78, 5) is 71.2. The summed E-state index contributed by atoms with van der Waals surface area (Å²) in [6.07, 6.45) is 10.00. The van der Waals surface area contributed by atoms with Crippen LogP contribution in [0.2, 0.25) is 0 Å². The van der Waals surface area contributed by atoms with Crippen LogP contribution in [0.5, 0.6) is 0 Å². The molecular weight excluding hydrogens is 673 g/mol. The van der Waals surface area contributed by atoms with Crippen molar-refractivity contribution < 1.29 is 24.0 Å². The van der Waals surface area contributed by atoms with Gasteiger partial charge < -0.3 is 31.5 Å². The molecule has 0 aromatic carbocycles. The maximum absolute atomic E-state index is 14.5. The summed E-state index contributed by atoms with van der Waals surface area (Å²) in [7, 11) is 0. The number of hydrogen-bond acceptors (Lipinski definition) is 8. The van der Waals surface area contributed by atoms with Crippen molar-refractivity contribution in [2.24, 2.45) is 17.3 Å². The van der Waals surface area contributed by atoms with Crippen molar-refractivity contribution in [3.05, 3.63) is 29.0 Å². The fourth-order valence-corrected chi connectivity index (χ4v) is 7.77. The first-order valence-electron chi connectivity index (χ1n) is 18.3. The van der Waals surface area contributed by atoms with Crippen molar-refractivity contribution in [3.63, 3.8) is 0 Å². The van der Waals surface area contributed by atoms with Gasteiger partial charge in [-0.3, -0.25) is 19.2 Å². The van der Waals surface area contributed by atoms with Crippen LogP contribution in [0.1, 0.15) is 104 Å². The highest BCUT2D eigenvalue weighted by atomic mass is 32.1. The van der Waals surface area contributed by atoms with Crippen LogP contribution < -0.4 is 26.6 Å². The molecular formula is C37H60N6O5S2. The minimum absolute atomic E-state index is 0.0723. The maximum atomic E-state index is 14.5. The van der Waals surface area contributed by atoms with Crippen LogP contribution in [0.4, 0.5) is 4.79 Å². The number of hydrogen-bond donors (Lipinski definition) is 6. The molecule has 1 aromatic heterocycles. The standard InChI is InChI=1S/C37H60N6O5S2/c1-7-18-39-34(46)32(44)27(21-25-13-12-14-25)40-33(45)24(3)43(19-8-2)35(47)31(26-15-10-9-11-16-26)42-36(48)41-30(37(4,5)6)23-38-22-29-28(49)17-20-50-29/h7,17,20,24-27,30-31,38,49H,1,8-16,18-19,21-23H2,2-6H3,(H,39,46)(H,40,45)(H2,41,42,48). The Hall–Kier alpha value is -2.90. The molecule has 0 radical (unpaired) electrons. The van der Waals surface area contributed by atoms with Gasteiger partial charge in [-0.25, -0.2) is 4.79 Å². The number of thiol groups is 1. The zero-order valence-corrected chi connectivity index (χ0v) is 32.4. The van der Waals surface area contributed by atoms with Gasteiger partial charge in [-0.15, -0.1) is 30.5 Å². The summed E-state index contributed by atoms with van der Waals surface area (Å²) < 4.78 is 0. The number of thiophene rings is 1. The van der Waals surface area contributed by atoms with E-state index in [1.165, 1.54) is 11.0 Å². The van der Waals surface area contributed by atoms with Gasteiger partial charge in [0.2, 0.25) is 17.6 Å². The normalized spacial score (nSPS) is 17.7. The van der Waals surface area contributed by atoms with E-state index in [9.17, 15) is 24.0 Å². The van der Waals surface area contributed by atoms with Gasteiger partial charge in [-0.05, 0) is 61.3 Å². The average Bonchev–Trinajstić information content (AvgIpc) is 3.48. The Morgan fingerprint density at radius 1 is 1.04 bits per heavy atom. The molecule has 0 bridgehead atoms. The number of nitrogens with one attached hydrogen (secondary N) is 5. The smallest absolute Gasteiger partial charge is 0.315 e. The van der Waals surface area contributed by atoms with Gasteiger partial charge in [0.1, 0.15) is 12.1 Å². The molecule has 0 saturated heterocycles. The number of Topliss-reactive ketones (excluding diaryl/α,β-unsaturated/α-hetero) is 1. The minimum Gasteiger partial charge on any atom is -0.346 e. The topological polar surface area (TPSA) is 149 Å².